The monoisotopic (exact) mass is 907 g/mol. The zero-order valence-corrected chi connectivity index (χ0v) is 33.2. The normalized spacial score (nSPS) is 15.7. The summed E-state index contributed by atoms with van der Waals surface area (Å²) in [6.07, 6.45) is 2.64. The molecule has 3 nitrogen and oxygen atoms in total. The first-order valence-corrected chi connectivity index (χ1v) is 20.7. The van der Waals surface area contributed by atoms with E-state index in [-0.39, 0.29) is 42.4 Å². The van der Waals surface area contributed by atoms with Gasteiger partial charge in [-0.15, -0.1) is 53.6 Å². The fourth-order valence-corrected chi connectivity index (χ4v) is 7.84. The van der Waals surface area contributed by atoms with E-state index in [4.69, 9.17) is 20.9 Å². The number of fused-ring (bicyclic) bond motifs is 7. The maximum atomic E-state index is 8.37. The average molecular weight is 907 g/mol. The minimum absolute atomic E-state index is 0. The van der Waals surface area contributed by atoms with Gasteiger partial charge in [0.05, 0.1) is 13.7 Å². The van der Waals surface area contributed by atoms with E-state index in [9.17, 15) is 0 Å². The first-order chi connectivity index (χ1) is 30.4. The van der Waals surface area contributed by atoms with Gasteiger partial charge in [-0.3, -0.25) is 0 Å². The largest absolute Gasteiger partial charge is 0.500 e. The Morgan fingerprint density at radius 2 is 1.39 bits per heavy atom. The Kier molecular flexibility index (Phi) is 6.90. The van der Waals surface area contributed by atoms with E-state index in [1.165, 1.54) is 30.6 Å². The SMILES string of the molecule is [2H]C([2H])([2H])c1c[c-]c(-c2ccc(C([2H])([2H])[2H])cn2)cc1.[2H]C([2H])([2H])c1cnc(-c2[c-]ccc3c2oc2c3ccc3ccc4ccccc4c32)cc1-c1ccc([Si](C)(C)C)cc1C([2H])([2H])[2H].[Ir]. The number of hydrogen-bond acceptors (Lipinski definition) is 3. The molecule has 269 valence electrons. The van der Waals surface area contributed by atoms with Gasteiger partial charge in [0, 0.05) is 59.7 Å². The standard InChI is InChI=1S/C36H30NOSi.C13H12N.Ir/c1-22-19-26(39(3,4)5)16-18-27(22)32-20-33(37-21-23(32)2)31-12-8-11-29-30-17-15-25-14-13-24-9-6-7-10-28(24)34(25)36(30)38-35(29)31;1-10-3-6-12(7-4-10)13-8-5-11(2)9-14-13;/h6-11,13-21H,1-5H3;3-6,8-9H,1-2H3;/q2*-1;/i2*1D3,2D3;. The predicted molar refractivity (Wildman–Crippen MR) is 227 cm³/mol. The second kappa shape index (κ2) is 14.9. The molecule has 0 unspecified atom stereocenters. The molecule has 0 spiro atoms. The molecule has 6 aromatic carbocycles. The summed E-state index contributed by atoms with van der Waals surface area (Å²) in [4.78, 5) is 8.67. The second-order valence-corrected chi connectivity index (χ2v) is 19.2. The summed E-state index contributed by atoms with van der Waals surface area (Å²) in [6, 6.07) is 41.1. The summed E-state index contributed by atoms with van der Waals surface area (Å²) in [5.74, 6) is 0. The molecule has 0 saturated heterocycles. The molecule has 9 rings (SSSR count). The third kappa shape index (κ3) is 7.08. The van der Waals surface area contributed by atoms with Crippen LogP contribution < -0.4 is 5.19 Å². The number of furan rings is 1. The van der Waals surface area contributed by atoms with Crippen LogP contribution in [0.25, 0.3) is 77.1 Å². The van der Waals surface area contributed by atoms with Crippen molar-refractivity contribution in [3.8, 4) is 33.6 Å². The van der Waals surface area contributed by atoms with Crippen LogP contribution in [0.3, 0.4) is 0 Å². The van der Waals surface area contributed by atoms with Gasteiger partial charge in [-0.2, -0.15) is 0 Å². The minimum Gasteiger partial charge on any atom is -0.500 e. The molecule has 0 bridgehead atoms. The first-order valence-electron chi connectivity index (χ1n) is 23.2. The number of benzene rings is 6. The third-order valence-electron chi connectivity index (χ3n) is 9.49. The van der Waals surface area contributed by atoms with E-state index >= 15 is 0 Å². The first kappa shape index (κ1) is 25.0. The van der Waals surface area contributed by atoms with Crippen molar-refractivity contribution in [2.75, 3.05) is 0 Å². The minimum atomic E-state index is -2.51. The molecule has 0 atom stereocenters. The number of rotatable bonds is 4. The zero-order valence-electron chi connectivity index (χ0n) is 41.8. The quantitative estimate of drug-likeness (QED) is 0.100. The third-order valence-corrected chi connectivity index (χ3v) is 11.5. The molecular formula is C49H42IrN2OSi-2. The summed E-state index contributed by atoms with van der Waals surface area (Å²) < 4.78 is 100. The molecule has 0 fully saturated rings. The Labute approximate surface area is 349 Å². The maximum absolute atomic E-state index is 8.37. The van der Waals surface area contributed by atoms with Crippen LogP contribution in [0, 0.1) is 39.5 Å². The van der Waals surface area contributed by atoms with Crippen molar-refractivity contribution in [2.24, 2.45) is 0 Å². The van der Waals surface area contributed by atoms with Gasteiger partial charge in [0.25, 0.3) is 0 Å². The van der Waals surface area contributed by atoms with Crippen LogP contribution in [-0.2, 0) is 20.1 Å². The molecule has 3 aromatic heterocycles. The Bertz CT molecular complexity index is 3190. The zero-order chi connectivity index (χ0) is 46.9. The fourth-order valence-electron chi connectivity index (χ4n) is 6.67. The van der Waals surface area contributed by atoms with Crippen LogP contribution in [0.5, 0.6) is 0 Å². The van der Waals surface area contributed by atoms with Gasteiger partial charge in [0.2, 0.25) is 0 Å². The molecular weight excluding hydrogens is 853 g/mol. The molecule has 0 aliphatic carbocycles. The van der Waals surface area contributed by atoms with Crippen LogP contribution in [0.2, 0.25) is 19.6 Å². The number of aromatic nitrogens is 2. The summed E-state index contributed by atoms with van der Waals surface area (Å²) in [7, 11) is -1.86. The summed E-state index contributed by atoms with van der Waals surface area (Å²) in [5, 5.41) is 7.11. The van der Waals surface area contributed by atoms with E-state index in [1.54, 1.807) is 30.3 Å². The van der Waals surface area contributed by atoms with E-state index < -0.39 is 35.5 Å². The van der Waals surface area contributed by atoms with Gasteiger partial charge in [-0.1, -0.05) is 128 Å². The van der Waals surface area contributed by atoms with Crippen molar-refractivity contribution in [3.05, 3.63) is 162 Å². The molecule has 9 aromatic rings. The Balaban J connectivity index is 0.000000260. The molecule has 3 heterocycles. The van der Waals surface area contributed by atoms with Gasteiger partial charge in [-0.05, 0) is 75.9 Å². The van der Waals surface area contributed by atoms with Crippen molar-refractivity contribution < 1.29 is 41.0 Å². The molecule has 0 aliphatic rings. The van der Waals surface area contributed by atoms with Crippen molar-refractivity contribution in [3.63, 3.8) is 0 Å². The summed E-state index contributed by atoms with van der Waals surface area (Å²) in [5.41, 5.74) is 4.70. The average Bonchev–Trinajstić information content (AvgIpc) is 3.64. The maximum Gasteiger partial charge on any atom is 0.129 e. The molecule has 0 amide bonds. The van der Waals surface area contributed by atoms with E-state index in [1.807, 2.05) is 30.3 Å². The van der Waals surface area contributed by atoms with Crippen molar-refractivity contribution >= 4 is 56.7 Å². The molecule has 54 heavy (non-hydrogen) atoms. The smallest absolute Gasteiger partial charge is 0.129 e. The second-order valence-electron chi connectivity index (χ2n) is 14.1. The summed E-state index contributed by atoms with van der Waals surface area (Å²) >= 11 is 0. The topological polar surface area (TPSA) is 38.9 Å². The Morgan fingerprint density at radius 1 is 0.611 bits per heavy atom. The van der Waals surface area contributed by atoms with Gasteiger partial charge in [0.15, 0.2) is 0 Å². The number of hydrogen-bond donors (Lipinski definition) is 0. The molecule has 1 radical (unpaired) electrons. The number of aryl methyl sites for hydroxylation is 4. The molecule has 5 heteroatoms. The Morgan fingerprint density at radius 3 is 2.15 bits per heavy atom. The molecule has 0 N–H and O–H groups in total. The van der Waals surface area contributed by atoms with Crippen molar-refractivity contribution in [1.82, 2.24) is 9.97 Å². The van der Waals surface area contributed by atoms with Crippen LogP contribution >= 0.6 is 0 Å². The van der Waals surface area contributed by atoms with Crippen LogP contribution in [0.15, 0.2) is 132 Å². The van der Waals surface area contributed by atoms with Crippen molar-refractivity contribution in [1.29, 1.82) is 0 Å². The Hall–Kier alpha value is -5.19. The number of pyridine rings is 2. The van der Waals surface area contributed by atoms with Crippen LogP contribution in [-0.4, -0.2) is 18.0 Å². The molecule has 0 saturated carbocycles. The van der Waals surface area contributed by atoms with Crippen LogP contribution in [0.4, 0.5) is 0 Å². The predicted octanol–water partition coefficient (Wildman–Crippen LogP) is 12.7. The van der Waals surface area contributed by atoms with Gasteiger partial charge in [0.1, 0.15) is 5.58 Å². The van der Waals surface area contributed by atoms with E-state index in [2.05, 4.69) is 78.1 Å². The summed E-state index contributed by atoms with van der Waals surface area (Å²) in [6.45, 7) is -2.85. The van der Waals surface area contributed by atoms with Gasteiger partial charge < -0.3 is 14.4 Å². The van der Waals surface area contributed by atoms with Gasteiger partial charge >= 0.3 is 0 Å². The molecule has 0 aliphatic heterocycles. The van der Waals surface area contributed by atoms with Crippen molar-refractivity contribution in [2.45, 2.75) is 47.0 Å². The number of nitrogens with zero attached hydrogens (tertiary/aromatic N) is 2. The van der Waals surface area contributed by atoms with Crippen LogP contribution in [0.1, 0.15) is 38.7 Å². The fraction of sp³-hybridized carbons (Fsp3) is 0.143. The van der Waals surface area contributed by atoms with E-state index in [0.717, 1.165) is 43.1 Å². The van der Waals surface area contributed by atoms with E-state index in [0.29, 0.717) is 39.2 Å². The van der Waals surface area contributed by atoms with Gasteiger partial charge in [-0.25, -0.2) is 0 Å².